The van der Waals surface area contributed by atoms with Crippen LogP contribution in [0, 0.1) is 16.7 Å². The van der Waals surface area contributed by atoms with Crippen LogP contribution in [0.1, 0.15) is 38.2 Å². The highest BCUT2D eigenvalue weighted by atomic mass is 16.5. The number of hydrogen-bond donors (Lipinski definition) is 1. The minimum atomic E-state index is 0.360. The lowest BCUT2D eigenvalue weighted by atomic mass is 9.51. The highest BCUT2D eigenvalue weighted by Crippen LogP contribution is 2.58. The van der Waals surface area contributed by atoms with E-state index in [1.807, 2.05) is 24.3 Å². The lowest BCUT2D eigenvalue weighted by molar-refractivity contribution is -0.157. The predicted octanol–water partition coefficient (Wildman–Crippen LogP) is 3.32. The van der Waals surface area contributed by atoms with Crippen LogP contribution < -0.4 is 5.32 Å². The summed E-state index contributed by atoms with van der Waals surface area (Å²) in [6, 6.07) is 10.4. The van der Waals surface area contributed by atoms with Gasteiger partial charge >= 0.3 is 0 Å². The third-order valence-corrected chi connectivity index (χ3v) is 4.77. The molecule has 2 saturated carbocycles. The van der Waals surface area contributed by atoms with Gasteiger partial charge in [-0.15, -0.1) is 0 Å². The van der Waals surface area contributed by atoms with Crippen molar-refractivity contribution in [3.8, 4) is 6.07 Å². The summed E-state index contributed by atoms with van der Waals surface area (Å²) in [7, 11) is 0. The van der Waals surface area contributed by atoms with E-state index in [4.69, 9.17) is 10.00 Å². The molecule has 0 amide bonds. The smallest absolute Gasteiger partial charge is 0.0992 e. The van der Waals surface area contributed by atoms with Crippen molar-refractivity contribution in [3.63, 3.8) is 0 Å². The van der Waals surface area contributed by atoms with Crippen LogP contribution in [0.15, 0.2) is 24.3 Å². The van der Waals surface area contributed by atoms with Gasteiger partial charge in [-0.3, -0.25) is 0 Å². The van der Waals surface area contributed by atoms with Crippen LogP contribution in [0.5, 0.6) is 0 Å². The number of nitrogens with one attached hydrogen (secondary N) is 1. The fourth-order valence-electron chi connectivity index (χ4n) is 3.52. The van der Waals surface area contributed by atoms with Gasteiger partial charge in [0.15, 0.2) is 0 Å². The molecular formula is C16H20N2O. The molecule has 0 bridgehead atoms. The maximum Gasteiger partial charge on any atom is 0.0992 e. The summed E-state index contributed by atoms with van der Waals surface area (Å²) in [4.78, 5) is 0. The van der Waals surface area contributed by atoms with Crippen molar-refractivity contribution < 1.29 is 4.74 Å². The summed E-state index contributed by atoms with van der Waals surface area (Å²) in [5.41, 5.74) is 2.14. The summed E-state index contributed by atoms with van der Waals surface area (Å²) >= 11 is 0. The summed E-state index contributed by atoms with van der Waals surface area (Å²) in [6.45, 7) is 2.88. The Morgan fingerprint density at radius 1 is 1.47 bits per heavy atom. The Morgan fingerprint density at radius 3 is 2.95 bits per heavy atom. The van der Waals surface area contributed by atoms with Crippen molar-refractivity contribution in [1.29, 1.82) is 5.26 Å². The molecule has 2 aliphatic carbocycles. The van der Waals surface area contributed by atoms with E-state index in [2.05, 4.69) is 18.3 Å². The van der Waals surface area contributed by atoms with Gasteiger partial charge in [-0.1, -0.05) is 12.5 Å². The fraction of sp³-hybridized carbons (Fsp3) is 0.562. The molecule has 0 aromatic heterocycles. The molecule has 0 heterocycles. The first-order chi connectivity index (χ1) is 9.28. The third-order valence-electron chi connectivity index (χ3n) is 4.77. The van der Waals surface area contributed by atoms with Crippen molar-refractivity contribution in [2.24, 2.45) is 5.41 Å². The van der Waals surface area contributed by atoms with E-state index in [9.17, 15) is 0 Å². The first-order valence-electron chi connectivity index (χ1n) is 7.17. The summed E-state index contributed by atoms with van der Waals surface area (Å²) in [5, 5.41) is 12.5. The second-order valence-corrected chi connectivity index (χ2v) is 5.66. The van der Waals surface area contributed by atoms with Gasteiger partial charge in [0.25, 0.3) is 0 Å². The van der Waals surface area contributed by atoms with E-state index in [1.54, 1.807) is 0 Å². The van der Waals surface area contributed by atoms with Crippen molar-refractivity contribution in [2.45, 2.75) is 44.8 Å². The van der Waals surface area contributed by atoms with Gasteiger partial charge < -0.3 is 10.1 Å². The van der Waals surface area contributed by atoms with E-state index in [1.165, 1.54) is 19.3 Å². The van der Waals surface area contributed by atoms with Gasteiger partial charge in [0.2, 0.25) is 0 Å². The van der Waals surface area contributed by atoms with Crippen molar-refractivity contribution in [3.05, 3.63) is 29.8 Å². The fourth-order valence-corrected chi connectivity index (χ4v) is 3.52. The van der Waals surface area contributed by atoms with Crippen molar-refractivity contribution in [1.82, 2.24) is 0 Å². The predicted molar refractivity (Wildman–Crippen MR) is 74.9 cm³/mol. The molecule has 2 atom stereocenters. The summed E-state index contributed by atoms with van der Waals surface area (Å²) in [6.07, 6.45) is 5.38. The molecule has 2 aliphatic rings. The molecule has 0 aliphatic heterocycles. The third kappa shape index (κ3) is 2.01. The van der Waals surface area contributed by atoms with Crippen LogP contribution in [0.4, 0.5) is 5.69 Å². The maximum atomic E-state index is 8.94. The molecule has 1 spiro atoms. The molecule has 3 heteroatoms. The highest BCUT2D eigenvalue weighted by Gasteiger charge is 2.58. The second kappa shape index (κ2) is 4.86. The second-order valence-electron chi connectivity index (χ2n) is 5.66. The van der Waals surface area contributed by atoms with Gasteiger partial charge in [-0.25, -0.2) is 0 Å². The number of nitrogens with zero attached hydrogens (tertiary/aromatic N) is 1. The number of rotatable bonds is 4. The number of nitriles is 1. The van der Waals surface area contributed by atoms with Gasteiger partial charge in [0.1, 0.15) is 0 Å². The molecule has 2 fully saturated rings. The largest absolute Gasteiger partial charge is 0.382 e. The first kappa shape index (κ1) is 12.5. The highest BCUT2D eigenvalue weighted by molar-refractivity contribution is 5.51. The molecule has 3 rings (SSSR count). The van der Waals surface area contributed by atoms with Gasteiger partial charge in [0.05, 0.1) is 17.7 Å². The van der Waals surface area contributed by atoms with E-state index in [0.717, 1.165) is 18.7 Å². The quantitative estimate of drug-likeness (QED) is 0.898. The van der Waals surface area contributed by atoms with Gasteiger partial charge in [0, 0.05) is 23.8 Å². The molecule has 100 valence electrons. The zero-order chi connectivity index (χ0) is 13.3. The van der Waals surface area contributed by atoms with Crippen molar-refractivity contribution in [2.75, 3.05) is 11.9 Å². The van der Waals surface area contributed by atoms with Crippen LogP contribution in [0.3, 0.4) is 0 Å². The molecule has 1 aromatic rings. The number of benzene rings is 1. The van der Waals surface area contributed by atoms with Crippen LogP contribution in [-0.2, 0) is 4.74 Å². The Hall–Kier alpha value is -1.53. The molecule has 19 heavy (non-hydrogen) atoms. The zero-order valence-corrected chi connectivity index (χ0v) is 11.4. The SMILES string of the molecule is CCOC1CC(Nc2cccc(C#N)c2)C12CCC2. The van der Waals surface area contributed by atoms with Crippen LogP contribution >= 0.6 is 0 Å². The number of ether oxygens (including phenoxy) is 1. The van der Waals surface area contributed by atoms with Crippen LogP contribution in [0.2, 0.25) is 0 Å². The maximum absolute atomic E-state index is 8.94. The molecule has 3 nitrogen and oxygen atoms in total. The van der Waals surface area contributed by atoms with E-state index in [-0.39, 0.29) is 0 Å². The molecule has 1 N–H and O–H groups in total. The number of anilines is 1. The summed E-state index contributed by atoms with van der Waals surface area (Å²) < 4.78 is 5.86. The average molecular weight is 256 g/mol. The van der Waals surface area contributed by atoms with Crippen LogP contribution in [-0.4, -0.2) is 18.8 Å². The molecule has 2 unspecified atom stereocenters. The van der Waals surface area contributed by atoms with Crippen LogP contribution in [0.25, 0.3) is 0 Å². The summed E-state index contributed by atoms with van der Waals surface area (Å²) in [5.74, 6) is 0. The van der Waals surface area contributed by atoms with E-state index >= 15 is 0 Å². The Morgan fingerprint density at radius 2 is 2.32 bits per heavy atom. The normalized spacial score (nSPS) is 27.2. The molecule has 0 saturated heterocycles. The monoisotopic (exact) mass is 256 g/mol. The first-order valence-corrected chi connectivity index (χ1v) is 7.17. The lowest BCUT2D eigenvalue weighted by Crippen LogP contribution is -2.64. The van der Waals surface area contributed by atoms with E-state index in [0.29, 0.717) is 23.1 Å². The topological polar surface area (TPSA) is 45.0 Å². The standard InChI is InChI=1S/C16H20N2O/c1-2-19-15-10-14(16(15)7-4-8-16)18-13-6-3-5-12(9-13)11-17/h3,5-6,9,14-15,18H,2,4,7-8,10H2,1H3. The lowest BCUT2D eigenvalue weighted by Gasteiger charge is -2.61. The van der Waals surface area contributed by atoms with E-state index < -0.39 is 0 Å². The Bertz CT molecular complexity index is 502. The zero-order valence-electron chi connectivity index (χ0n) is 11.4. The minimum absolute atomic E-state index is 0.360. The van der Waals surface area contributed by atoms with Crippen molar-refractivity contribution >= 4 is 5.69 Å². The van der Waals surface area contributed by atoms with Gasteiger partial charge in [-0.2, -0.15) is 5.26 Å². The Kier molecular flexibility index (Phi) is 3.20. The number of hydrogen-bond acceptors (Lipinski definition) is 3. The Balaban J connectivity index is 1.69. The average Bonchev–Trinajstić information content (AvgIpc) is 2.36. The molecule has 1 aromatic carbocycles. The minimum Gasteiger partial charge on any atom is -0.382 e. The van der Waals surface area contributed by atoms with Gasteiger partial charge in [-0.05, 0) is 44.4 Å². The molecule has 0 radical (unpaired) electrons. The Labute approximate surface area is 114 Å². The molecular weight excluding hydrogens is 236 g/mol.